The van der Waals surface area contributed by atoms with Crippen LogP contribution in [0.25, 0.3) is 22.4 Å². The molecule has 32 heavy (non-hydrogen) atoms. The normalized spacial score (nSPS) is 11.7. The molecule has 2 aromatic heterocycles. The number of nitrogens with zero attached hydrogens (tertiary/aromatic N) is 3. The van der Waals surface area contributed by atoms with Gasteiger partial charge in [0.1, 0.15) is 28.0 Å². The van der Waals surface area contributed by atoms with E-state index in [9.17, 15) is 17.2 Å². The molecular weight excluding hydrogens is 439 g/mol. The Morgan fingerprint density at radius 3 is 2.50 bits per heavy atom. The molecule has 0 N–H and O–H groups in total. The van der Waals surface area contributed by atoms with Crippen molar-refractivity contribution in [3.05, 3.63) is 84.1 Å². The van der Waals surface area contributed by atoms with E-state index in [2.05, 4.69) is 16.1 Å². The predicted molar refractivity (Wildman–Crippen MR) is 112 cm³/mol. The van der Waals surface area contributed by atoms with Crippen LogP contribution >= 0.6 is 0 Å². The van der Waals surface area contributed by atoms with E-state index in [0.29, 0.717) is 29.8 Å². The van der Waals surface area contributed by atoms with Crippen LogP contribution in [0.1, 0.15) is 12.5 Å². The fraction of sp³-hybridized carbons (Fsp3) is 0.130. The smallest absolute Gasteiger partial charge is 0.210 e. The summed E-state index contributed by atoms with van der Waals surface area (Å²) in [6.45, 7) is 3.72. The van der Waals surface area contributed by atoms with Crippen LogP contribution in [0.3, 0.4) is 0 Å². The van der Waals surface area contributed by atoms with Crippen molar-refractivity contribution in [1.82, 2.24) is 14.8 Å². The predicted octanol–water partition coefficient (Wildman–Crippen LogP) is 4.99. The first kappa shape index (κ1) is 21.8. The highest BCUT2D eigenvalue weighted by Crippen LogP contribution is 2.39. The number of halogens is 3. The van der Waals surface area contributed by atoms with E-state index in [1.165, 1.54) is 11.6 Å². The van der Waals surface area contributed by atoms with Gasteiger partial charge in [0.25, 0.3) is 0 Å². The molecule has 0 fully saturated rings. The number of rotatable bonds is 5. The van der Waals surface area contributed by atoms with E-state index in [0.717, 1.165) is 12.1 Å². The molecule has 2 aromatic carbocycles. The van der Waals surface area contributed by atoms with Gasteiger partial charge in [-0.3, -0.25) is 9.67 Å². The van der Waals surface area contributed by atoms with E-state index in [4.69, 9.17) is 0 Å². The van der Waals surface area contributed by atoms with Crippen molar-refractivity contribution in [2.75, 3.05) is 0 Å². The molecular formula is C23H17F3N3O2S. The second-order valence-corrected chi connectivity index (χ2v) is 8.91. The maximum absolute atomic E-state index is 15.5. The van der Waals surface area contributed by atoms with Gasteiger partial charge in [-0.15, -0.1) is 0 Å². The summed E-state index contributed by atoms with van der Waals surface area (Å²) in [5.41, 5.74) is 0.920. The first-order chi connectivity index (χ1) is 15.2. The number of hydrogen-bond acceptors (Lipinski definition) is 4. The summed E-state index contributed by atoms with van der Waals surface area (Å²) in [6, 6.07) is 9.15. The summed E-state index contributed by atoms with van der Waals surface area (Å²) in [5, 5.41) is 4.39. The largest absolute Gasteiger partial charge is 0.272 e. The molecule has 1 radical (unpaired) electrons. The van der Waals surface area contributed by atoms with E-state index >= 15 is 4.39 Å². The zero-order valence-electron chi connectivity index (χ0n) is 17.1. The van der Waals surface area contributed by atoms with E-state index in [-0.39, 0.29) is 16.8 Å². The molecule has 163 valence electrons. The van der Waals surface area contributed by atoms with Crippen molar-refractivity contribution in [2.24, 2.45) is 0 Å². The summed E-state index contributed by atoms with van der Waals surface area (Å²) in [7, 11) is -4.68. The monoisotopic (exact) mass is 456 g/mol. The third-order valence-corrected chi connectivity index (χ3v) is 6.73. The molecule has 0 saturated heterocycles. The van der Waals surface area contributed by atoms with Gasteiger partial charge in [-0.1, -0.05) is 0 Å². The third-order valence-electron chi connectivity index (χ3n) is 4.98. The Morgan fingerprint density at radius 1 is 1.09 bits per heavy atom. The van der Waals surface area contributed by atoms with Gasteiger partial charge in [0.15, 0.2) is 0 Å². The molecule has 5 nitrogen and oxygen atoms in total. The highest BCUT2D eigenvalue weighted by atomic mass is 32.2. The van der Waals surface area contributed by atoms with Crippen LogP contribution in [0, 0.1) is 30.4 Å². The number of benzene rings is 2. The van der Waals surface area contributed by atoms with Crippen LogP contribution in [0.2, 0.25) is 0 Å². The molecule has 0 atom stereocenters. The lowest BCUT2D eigenvalue weighted by atomic mass is 10.0. The number of sulfone groups is 1. The van der Waals surface area contributed by atoms with Crippen molar-refractivity contribution in [3.8, 4) is 22.4 Å². The second-order valence-electron chi connectivity index (χ2n) is 7.05. The maximum atomic E-state index is 15.5. The minimum atomic E-state index is -4.68. The lowest BCUT2D eigenvalue weighted by molar-refractivity contribution is 0.552. The Hall–Kier alpha value is -3.46. The summed E-state index contributed by atoms with van der Waals surface area (Å²) in [4.78, 5) is 2.44. The molecule has 2 heterocycles. The Labute approximate surface area is 183 Å². The number of hydrogen-bond donors (Lipinski definition) is 0. The van der Waals surface area contributed by atoms with Crippen LogP contribution < -0.4 is 0 Å². The van der Waals surface area contributed by atoms with Gasteiger partial charge in [-0.25, -0.2) is 21.6 Å². The van der Waals surface area contributed by atoms with Gasteiger partial charge < -0.3 is 0 Å². The van der Waals surface area contributed by atoms with Gasteiger partial charge in [0.05, 0.1) is 10.5 Å². The summed E-state index contributed by atoms with van der Waals surface area (Å²) in [5.74, 6) is -2.93. The standard InChI is InChI=1S/C23H17F3N3O2S/c1-3-29-13-17(15-8-10-27-11-9-15)23(28-29)21-19(7-4-14(2)22(21)26)32(30,31)20-12-16(24)5-6-18(20)25/h4-6,8-13H,3H2,1-2H3. The molecule has 4 aromatic rings. The summed E-state index contributed by atoms with van der Waals surface area (Å²) in [6.07, 6.45) is 4.74. The highest BCUT2D eigenvalue weighted by Gasteiger charge is 2.31. The van der Waals surface area contributed by atoms with Crippen molar-refractivity contribution < 1.29 is 21.6 Å². The van der Waals surface area contributed by atoms with Gasteiger partial charge in [-0.05, 0) is 61.4 Å². The van der Waals surface area contributed by atoms with E-state index < -0.39 is 37.1 Å². The van der Waals surface area contributed by atoms with Crippen LogP contribution in [0.5, 0.6) is 0 Å². The average Bonchev–Trinajstić information content (AvgIpc) is 3.21. The van der Waals surface area contributed by atoms with Crippen LogP contribution in [0.4, 0.5) is 13.2 Å². The van der Waals surface area contributed by atoms with Crippen molar-refractivity contribution in [1.29, 1.82) is 0 Å². The zero-order valence-corrected chi connectivity index (χ0v) is 17.9. The van der Waals surface area contributed by atoms with Gasteiger partial charge >= 0.3 is 0 Å². The van der Waals surface area contributed by atoms with E-state index in [1.54, 1.807) is 30.7 Å². The zero-order chi connectivity index (χ0) is 23.0. The Kier molecular flexibility index (Phi) is 5.60. The lowest BCUT2D eigenvalue weighted by Gasteiger charge is -2.13. The lowest BCUT2D eigenvalue weighted by Crippen LogP contribution is -2.10. The maximum Gasteiger partial charge on any atom is 0.210 e. The quantitative estimate of drug-likeness (QED) is 0.424. The molecule has 0 bridgehead atoms. The molecule has 0 aliphatic carbocycles. The van der Waals surface area contributed by atoms with Crippen molar-refractivity contribution >= 4 is 9.84 Å². The second kappa shape index (κ2) is 8.23. The molecule has 0 aliphatic rings. The summed E-state index contributed by atoms with van der Waals surface area (Å²) >= 11 is 0. The molecule has 0 spiro atoms. The molecule has 0 amide bonds. The summed E-state index contributed by atoms with van der Waals surface area (Å²) < 4.78 is 71.8. The van der Waals surface area contributed by atoms with Crippen molar-refractivity contribution in [3.63, 3.8) is 0 Å². The SMILES string of the molecule is CCn1cc(-c2ccncc2)c(-c2c(S(=O)(=O)c3cc(F)ccc3F)[c]cc(C)c2F)n1. The fourth-order valence-corrected chi connectivity index (χ4v) is 4.81. The van der Waals surface area contributed by atoms with Crippen LogP contribution in [-0.2, 0) is 16.4 Å². The first-order valence-electron chi connectivity index (χ1n) is 9.63. The van der Waals surface area contributed by atoms with Crippen molar-refractivity contribution in [2.45, 2.75) is 30.2 Å². The van der Waals surface area contributed by atoms with Gasteiger partial charge in [0.2, 0.25) is 9.84 Å². The van der Waals surface area contributed by atoms with Crippen LogP contribution in [-0.4, -0.2) is 23.2 Å². The van der Waals surface area contributed by atoms with Crippen LogP contribution in [0.15, 0.2) is 64.8 Å². The van der Waals surface area contributed by atoms with E-state index in [1.807, 2.05) is 6.92 Å². The molecule has 9 heteroatoms. The molecule has 0 saturated carbocycles. The number of aromatic nitrogens is 3. The number of aryl methyl sites for hydroxylation is 2. The topological polar surface area (TPSA) is 64.8 Å². The van der Waals surface area contributed by atoms with Gasteiger partial charge in [-0.2, -0.15) is 5.10 Å². The minimum absolute atomic E-state index is 0.0471. The minimum Gasteiger partial charge on any atom is -0.272 e. The Morgan fingerprint density at radius 2 is 1.81 bits per heavy atom. The molecule has 4 rings (SSSR count). The molecule has 0 aliphatic heterocycles. The highest BCUT2D eigenvalue weighted by molar-refractivity contribution is 7.91. The van der Waals surface area contributed by atoms with Gasteiger partial charge in [0, 0.05) is 36.8 Å². The molecule has 0 unspecified atom stereocenters. The Balaban J connectivity index is 2.06. The first-order valence-corrected chi connectivity index (χ1v) is 11.1. The average molecular weight is 456 g/mol. The third kappa shape index (κ3) is 3.69. The Bertz CT molecular complexity index is 1420. The number of pyridine rings is 1. The fourth-order valence-electron chi connectivity index (χ4n) is 3.33.